The highest BCUT2D eigenvalue weighted by molar-refractivity contribution is 5.51. The quantitative estimate of drug-likeness (QED) is 0.769. The molecule has 1 aromatic rings. The van der Waals surface area contributed by atoms with Crippen LogP contribution in [0.2, 0.25) is 0 Å². The molecule has 2 aliphatic rings. The zero-order valence-corrected chi connectivity index (χ0v) is 9.95. The third-order valence-corrected chi connectivity index (χ3v) is 4.22. The van der Waals surface area contributed by atoms with Gasteiger partial charge in [-0.15, -0.1) is 0 Å². The Hall–Kier alpha value is -1.02. The Morgan fingerprint density at radius 3 is 2.94 bits per heavy atom. The molecule has 0 aromatic heterocycles. The molecule has 0 amide bonds. The Kier molecular flexibility index (Phi) is 2.40. The van der Waals surface area contributed by atoms with E-state index in [-0.39, 0.29) is 0 Å². The van der Waals surface area contributed by atoms with Gasteiger partial charge in [-0.25, -0.2) is 0 Å². The van der Waals surface area contributed by atoms with Gasteiger partial charge in [0.05, 0.1) is 0 Å². The van der Waals surface area contributed by atoms with E-state index in [1.807, 2.05) is 6.07 Å². The van der Waals surface area contributed by atoms with Crippen LogP contribution in [0.4, 0.5) is 5.69 Å². The van der Waals surface area contributed by atoms with Crippen LogP contribution in [0.25, 0.3) is 0 Å². The Balaban J connectivity index is 1.82. The Labute approximate surface area is 97.4 Å². The molecule has 1 fully saturated rings. The molecule has 16 heavy (non-hydrogen) atoms. The number of fused-ring (bicyclic) bond motifs is 1. The van der Waals surface area contributed by atoms with Gasteiger partial charge in [0.15, 0.2) is 0 Å². The van der Waals surface area contributed by atoms with Crippen LogP contribution in [0.5, 0.6) is 0 Å². The van der Waals surface area contributed by atoms with Crippen LogP contribution in [-0.2, 0) is 13.0 Å². The van der Waals surface area contributed by atoms with Gasteiger partial charge in [0.1, 0.15) is 0 Å². The molecule has 0 bridgehead atoms. The summed E-state index contributed by atoms with van der Waals surface area (Å²) in [6.07, 6.45) is 4.01. The fraction of sp³-hybridized carbons (Fsp3) is 0.571. The number of rotatable bonds is 2. The summed E-state index contributed by atoms with van der Waals surface area (Å²) in [5.41, 5.74) is 9.88. The van der Waals surface area contributed by atoms with Crippen molar-refractivity contribution in [2.75, 3.05) is 12.3 Å². The molecule has 3 rings (SSSR count). The third kappa shape index (κ3) is 1.71. The van der Waals surface area contributed by atoms with Crippen molar-refractivity contribution in [2.24, 2.45) is 5.92 Å². The predicted octanol–water partition coefficient (Wildman–Crippen LogP) is 2.43. The molecule has 1 aromatic carbocycles. The molecule has 1 saturated carbocycles. The zero-order valence-electron chi connectivity index (χ0n) is 9.95. The van der Waals surface area contributed by atoms with E-state index in [9.17, 15) is 0 Å². The first-order valence-corrected chi connectivity index (χ1v) is 6.36. The Bertz CT molecular complexity index is 396. The van der Waals surface area contributed by atoms with Gasteiger partial charge >= 0.3 is 0 Å². The SMILES string of the molecule is CC(C1CC1)N1CCc2cccc(N)c2C1. The second-order valence-corrected chi connectivity index (χ2v) is 5.28. The van der Waals surface area contributed by atoms with Crippen LogP contribution in [-0.4, -0.2) is 17.5 Å². The van der Waals surface area contributed by atoms with Gasteiger partial charge < -0.3 is 5.73 Å². The van der Waals surface area contributed by atoms with Crippen molar-refractivity contribution in [1.82, 2.24) is 4.90 Å². The molecule has 0 saturated heterocycles. The standard InChI is InChI=1S/C14H20N2/c1-10(11-5-6-11)16-8-7-12-3-2-4-14(15)13(12)9-16/h2-4,10-11H,5-9,15H2,1H3. The van der Waals surface area contributed by atoms with Crippen LogP contribution in [0.1, 0.15) is 30.9 Å². The summed E-state index contributed by atoms with van der Waals surface area (Å²) < 4.78 is 0. The second kappa shape index (κ2) is 3.77. The van der Waals surface area contributed by atoms with E-state index in [2.05, 4.69) is 24.0 Å². The maximum Gasteiger partial charge on any atom is 0.0362 e. The van der Waals surface area contributed by atoms with Gasteiger partial charge in [0.25, 0.3) is 0 Å². The van der Waals surface area contributed by atoms with Gasteiger partial charge in [-0.05, 0) is 49.3 Å². The molecule has 1 unspecified atom stereocenters. The number of hydrogen-bond acceptors (Lipinski definition) is 2. The van der Waals surface area contributed by atoms with Crippen molar-refractivity contribution in [1.29, 1.82) is 0 Å². The van der Waals surface area contributed by atoms with E-state index in [1.165, 1.54) is 30.5 Å². The first-order chi connectivity index (χ1) is 7.75. The molecular formula is C14H20N2. The molecule has 86 valence electrons. The fourth-order valence-corrected chi connectivity index (χ4v) is 2.85. The minimum absolute atomic E-state index is 0.743. The zero-order chi connectivity index (χ0) is 11.1. The van der Waals surface area contributed by atoms with Gasteiger partial charge in [-0.2, -0.15) is 0 Å². The minimum atomic E-state index is 0.743. The minimum Gasteiger partial charge on any atom is -0.398 e. The van der Waals surface area contributed by atoms with E-state index < -0.39 is 0 Å². The highest BCUT2D eigenvalue weighted by atomic mass is 15.2. The molecule has 2 heteroatoms. The summed E-state index contributed by atoms with van der Waals surface area (Å²) in [6.45, 7) is 4.63. The lowest BCUT2D eigenvalue weighted by Gasteiger charge is -2.34. The van der Waals surface area contributed by atoms with Gasteiger partial charge in [0.2, 0.25) is 0 Å². The lowest BCUT2D eigenvalue weighted by atomic mass is 9.96. The molecule has 1 heterocycles. The van der Waals surface area contributed by atoms with Gasteiger partial charge in [0, 0.05) is 24.8 Å². The van der Waals surface area contributed by atoms with Crippen LogP contribution < -0.4 is 5.73 Å². The van der Waals surface area contributed by atoms with Crippen molar-refractivity contribution < 1.29 is 0 Å². The van der Waals surface area contributed by atoms with Gasteiger partial charge in [-0.3, -0.25) is 4.90 Å². The van der Waals surface area contributed by atoms with Crippen molar-refractivity contribution in [3.63, 3.8) is 0 Å². The molecule has 0 spiro atoms. The van der Waals surface area contributed by atoms with Crippen molar-refractivity contribution >= 4 is 5.69 Å². The predicted molar refractivity (Wildman–Crippen MR) is 67.2 cm³/mol. The number of anilines is 1. The smallest absolute Gasteiger partial charge is 0.0362 e. The lowest BCUT2D eigenvalue weighted by molar-refractivity contribution is 0.173. The van der Waals surface area contributed by atoms with Crippen LogP contribution in [0, 0.1) is 5.92 Å². The number of nitrogens with zero attached hydrogens (tertiary/aromatic N) is 1. The van der Waals surface area contributed by atoms with Gasteiger partial charge in [-0.1, -0.05) is 12.1 Å². The van der Waals surface area contributed by atoms with Crippen LogP contribution >= 0.6 is 0 Å². The number of hydrogen-bond donors (Lipinski definition) is 1. The molecule has 0 radical (unpaired) electrons. The monoisotopic (exact) mass is 216 g/mol. The first kappa shape index (κ1) is 10.2. The largest absolute Gasteiger partial charge is 0.398 e. The summed E-state index contributed by atoms with van der Waals surface area (Å²) in [4.78, 5) is 2.61. The Morgan fingerprint density at radius 2 is 2.19 bits per heavy atom. The first-order valence-electron chi connectivity index (χ1n) is 6.36. The van der Waals surface area contributed by atoms with Crippen molar-refractivity contribution in [3.8, 4) is 0 Å². The molecule has 1 aliphatic heterocycles. The van der Waals surface area contributed by atoms with E-state index in [1.54, 1.807) is 0 Å². The summed E-state index contributed by atoms with van der Waals surface area (Å²) >= 11 is 0. The average Bonchev–Trinajstić information content (AvgIpc) is 3.12. The Morgan fingerprint density at radius 1 is 1.38 bits per heavy atom. The topological polar surface area (TPSA) is 29.3 Å². The third-order valence-electron chi connectivity index (χ3n) is 4.22. The highest BCUT2D eigenvalue weighted by Crippen LogP contribution is 2.37. The molecule has 1 aliphatic carbocycles. The fourth-order valence-electron chi connectivity index (χ4n) is 2.85. The van der Waals surface area contributed by atoms with E-state index in [0.717, 1.165) is 30.6 Å². The average molecular weight is 216 g/mol. The second-order valence-electron chi connectivity index (χ2n) is 5.28. The number of nitrogens with two attached hydrogens (primary N) is 1. The maximum atomic E-state index is 6.07. The summed E-state index contributed by atoms with van der Waals surface area (Å²) in [7, 11) is 0. The van der Waals surface area contributed by atoms with Crippen molar-refractivity contribution in [3.05, 3.63) is 29.3 Å². The van der Waals surface area contributed by atoms with Crippen molar-refractivity contribution in [2.45, 2.75) is 38.8 Å². The molecule has 2 N–H and O–H groups in total. The number of benzene rings is 1. The molecule has 2 nitrogen and oxygen atoms in total. The van der Waals surface area contributed by atoms with E-state index in [4.69, 9.17) is 5.73 Å². The van der Waals surface area contributed by atoms with E-state index in [0.29, 0.717) is 0 Å². The maximum absolute atomic E-state index is 6.07. The highest BCUT2D eigenvalue weighted by Gasteiger charge is 2.33. The van der Waals surface area contributed by atoms with Crippen LogP contribution in [0.3, 0.4) is 0 Å². The number of nitrogen functional groups attached to an aromatic ring is 1. The lowest BCUT2D eigenvalue weighted by Crippen LogP contribution is -2.39. The summed E-state index contributed by atoms with van der Waals surface area (Å²) in [5.74, 6) is 0.950. The van der Waals surface area contributed by atoms with E-state index >= 15 is 0 Å². The molecular weight excluding hydrogens is 196 g/mol. The van der Waals surface area contributed by atoms with Crippen LogP contribution in [0.15, 0.2) is 18.2 Å². The molecule has 1 atom stereocenters. The summed E-state index contributed by atoms with van der Waals surface area (Å²) in [6, 6.07) is 7.08. The normalized spacial score (nSPS) is 22.8. The summed E-state index contributed by atoms with van der Waals surface area (Å²) in [5, 5.41) is 0.